The molecule has 1 N–H and O–H groups in total. The maximum atomic E-state index is 13.3. The van der Waals surface area contributed by atoms with E-state index in [4.69, 9.17) is 4.74 Å². The number of nitrogens with one attached hydrogen (secondary N) is 1. The molecule has 1 amide bonds. The van der Waals surface area contributed by atoms with Crippen LogP contribution in [-0.4, -0.2) is 24.5 Å². The van der Waals surface area contributed by atoms with Crippen molar-refractivity contribution in [1.82, 2.24) is 4.90 Å². The van der Waals surface area contributed by atoms with Gasteiger partial charge in [-0.3, -0.25) is 9.69 Å². The fourth-order valence-electron chi connectivity index (χ4n) is 5.69. The largest absolute Gasteiger partial charge is 0.496 e. The highest BCUT2D eigenvalue weighted by atomic mass is 19.4. The maximum Gasteiger partial charge on any atom is 0.416 e. The molecule has 1 heterocycles. The van der Waals surface area contributed by atoms with E-state index in [0.717, 1.165) is 43.9 Å². The third-order valence-electron chi connectivity index (χ3n) is 7.85. The molecule has 6 rings (SSSR count). The van der Waals surface area contributed by atoms with Gasteiger partial charge in [-0.1, -0.05) is 66.7 Å². The average Bonchev–Trinajstić information content (AvgIpc) is 3.01. The Morgan fingerprint density at radius 1 is 0.881 bits per heavy atom. The van der Waals surface area contributed by atoms with Gasteiger partial charge in [0.25, 0.3) is 5.91 Å². The molecular formula is C35H29F3N2O2. The number of ether oxygens (including phenoxy) is 1. The Bertz CT molecular complexity index is 1760. The third-order valence-corrected chi connectivity index (χ3v) is 7.85. The molecule has 4 nitrogen and oxygen atoms in total. The molecule has 7 heteroatoms. The summed E-state index contributed by atoms with van der Waals surface area (Å²) in [5.74, 6) is 0.570. The fourth-order valence-corrected chi connectivity index (χ4v) is 5.69. The van der Waals surface area contributed by atoms with E-state index in [1.807, 2.05) is 24.3 Å². The van der Waals surface area contributed by atoms with Gasteiger partial charge in [-0.25, -0.2) is 0 Å². The van der Waals surface area contributed by atoms with E-state index in [1.54, 1.807) is 31.4 Å². The predicted octanol–water partition coefficient (Wildman–Crippen LogP) is 8.34. The molecule has 212 valence electrons. The summed E-state index contributed by atoms with van der Waals surface area (Å²) in [7, 11) is 1.71. The first-order valence-corrected chi connectivity index (χ1v) is 13.8. The quantitative estimate of drug-likeness (QED) is 0.225. The number of carbonyl (C=O) groups is 1. The third kappa shape index (κ3) is 5.60. The number of rotatable bonds is 6. The molecule has 1 aliphatic rings. The molecule has 0 bridgehead atoms. The molecule has 5 aromatic carbocycles. The van der Waals surface area contributed by atoms with E-state index in [2.05, 4.69) is 40.5 Å². The molecular weight excluding hydrogens is 537 g/mol. The summed E-state index contributed by atoms with van der Waals surface area (Å²) in [4.78, 5) is 15.7. The van der Waals surface area contributed by atoms with Crippen LogP contribution in [0.3, 0.4) is 0 Å². The van der Waals surface area contributed by atoms with Crippen LogP contribution in [0.2, 0.25) is 0 Å². The van der Waals surface area contributed by atoms with Gasteiger partial charge < -0.3 is 10.1 Å². The SMILES string of the molecule is COc1ccc2ccccc2c1CN1CCc2cc(NC(=O)c3ccccc3-c3ccc(C(F)(F)F)cc3)ccc2C1. The number of nitrogens with zero attached hydrogens (tertiary/aromatic N) is 1. The van der Waals surface area contributed by atoms with Crippen molar-refractivity contribution in [1.29, 1.82) is 0 Å². The number of carbonyl (C=O) groups excluding carboxylic acids is 1. The van der Waals surface area contributed by atoms with E-state index in [9.17, 15) is 18.0 Å². The Balaban J connectivity index is 1.18. The minimum absolute atomic E-state index is 0.314. The molecule has 42 heavy (non-hydrogen) atoms. The zero-order valence-electron chi connectivity index (χ0n) is 23.0. The maximum absolute atomic E-state index is 13.3. The van der Waals surface area contributed by atoms with Crippen LogP contribution in [0.25, 0.3) is 21.9 Å². The monoisotopic (exact) mass is 566 g/mol. The van der Waals surface area contributed by atoms with E-state index < -0.39 is 11.7 Å². The van der Waals surface area contributed by atoms with Crippen molar-refractivity contribution in [3.8, 4) is 16.9 Å². The molecule has 1 aliphatic heterocycles. The van der Waals surface area contributed by atoms with Crippen molar-refractivity contribution in [3.63, 3.8) is 0 Å². The standard InChI is InChI=1S/C35H29F3N2O2/c1-42-33-17-13-23-6-2-3-8-30(23)32(33)22-40-19-18-25-20-28(16-12-26(25)21-40)39-34(41)31-9-5-4-7-29(31)24-10-14-27(15-11-24)35(36,37)38/h2-17,20H,18-19,21-22H2,1H3,(H,39,41). The second kappa shape index (κ2) is 11.3. The highest BCUT2D eigenvalue weighted by Gasteiger charge is 2.30. The Hall–Kier alpha value is -4.62. The lowest BCUT2D eigenvalue weighted by Crippen LogP contribution is -2.30. The van der Waals surface area contributed by atoms with Gasteiger partial charge in [0.05, 0.1) is 12.7 Å². The van der Waals surface area contributed by atoms with Crippen molar-refractivity contribution in [2.45, 2.75) is 25.7 Å². The number of halogens is 3. The molecule has 5 aromatic rings. The number of anilines is 1. The van der Waals surface area contributed by atoms with Crippen LogP contribution in [-0.2, 0) is 25.7 Å². The van der Waals surface area contributed by atoms with Gasteiger partial charge in [0.2, 0.25) is 0 Å². The number of hydrogen-bond donors (Lipinski definition) is 1. The summed E-state index contributed by atoms with van der Waals surface area (Å²) in [6, 6.07) is 30.2. The number of alkyl halides is 3. The molecule has 0 atom stereocenters. The molecule has 0 aliphatic carbocycles. The second-order valence-electron chi connectivity index (χ2n) is 10.5. The first kappa shape index (κ1) is 27.5. The fraction of sp³-hybridized carbons (Fsp3) is 0.171. The van der Waals surface area contributed by atoms with Crippen LogP contribution in [0.4, 0.5) is 18.9 Å². The summed E-state index contributed by atoms with van der Waals surface area (Å²) in [5, 5.41) is 5.37. The normalized spacial score (nSPS) is 13.5. The zero-order valence-corrected chi connectivity index (χ0v) is 23.0. The molecule has 0 spiro atoms. The average molecular weight is 567 g/mol. The van der Waals surface area contributed by atoms with Crippen LogP contribution >= 0.6 is 0 Å². The summed E-state index contributed by atoms with van der Waals surface area (Å²) >= 11 is 0. The summed E-state index contributed by atoms with van der Waals surface area (Å²) in [5.41, 5.74) is 5.04. The van der Waals surface area contributed by atoms with Crippen LogP contribution in [0.1, 0.15) is 32.6 Å². The van der Waals surface area contributed by atoms with Gasteiger partial charge in [0.15, 0.2) is 0 Å². The van der Waals surface area contributed by atoms with Gasteiger partial charge >= 0.3 is 6.18 Å². The summed E-state index contributed by atoms with van der Waals surface area (Å²) < 4.78 is 44.8. The zero-order chi connectivity index (χ0) is 29.3. The molecule has 0 fully saturated rings. The minimum atomic E-state index is -4.41. The van der Waals surface area contributed by atoms with Crippen LogP contribution in [0, 0.1) is 0 Å². The summed E-state index contributed by atoms with van der Waals surface area (Å²) in [6.07, 6.45) is -3.57. The first-order chi connectivity index (χ1) is 20.3. The Morgan fingerprint density at radius 2 is 1.64 bits per heavy atom. The smallest absolute Gasteiger partial charge is 0.416 e. The predicted molar refractivity (Wildman–Crippen MR) is 160 cm³/mol. The van der Waals surface area contributed by atoms with E-state index in [0.29, 0.717) is 22.4 Å². The summed E-state index contributed by atoms with van der Waals surface area (Å²) in [6.45, 7) is 2.42. The number of amides is 1. The lowest BCUT2D eigenvalue weighted by molar-refractivity contribution is -0.137. The minimum Gasteiger partial charge on any atom is -0.496 e. The van der Waals surface area contributed by atoms with Gasteiger partial charge in [0, 0.05) is 36.4 Å². The molecule has 0 saturated heterocycles. The first-order valence-electron chi connectivity index (χ1n) is 13.8. The highest BCUT2D eigenvalue weighted by molar-refractivity contribution is 6.08. The van der Waals surface area contributed by atoms with Crippen molar-refractivity contribution in [3.05, 3.63) is 131 Å². The Labute approximate surface area is 242 Å². The van der Waals surface area contributed by atoms with Crippen molar-refractivity contribution in [2.75, 3.05) is 19.0 Å². The van der Waals surface area contributed by atoms with Crippen molar-refractivity contribution >= 4 is 22.4 Å². The lowest BCUT2D eigenvalue weighted by Gasteiger charge is -2.30. The van der Waals surface area contributed by atoms with Crippen LogP contribution in [0.15, 0.2) is 103 Å². The number of hydrogen-bond acceptors (Lipinski definition) is 3. The molecule has 0 saturated carbocycles. The topological polar surface area (TPSA) is 41.6 Å². The Kier molecular flexibility index (Phi) is 7.43. The van der Waals surface area contributed by atoms with Crippen molar-refractivity contribution in [2.24, 2.45) is 0 Å². The molecule has 0 aromatic heterocycles. The van der Waals surface area contributed by atoms with Gasteiger partial charge in [-0.2, -0.15) is 13.2 Å². The molecule has 0 unspecified atom stereocenters. The molecule has 0 radical (unpaired) electrons. The van der Waals surface area contributed by atoms with Crippen LogP contribution < -0.4 is 10.1 Å². The lowest BCUT2D eigenvalue weighted by atomic mass is 9.96. The number of benzene rings is 5. The number of methoxy groups -OCH3 is 1. The number of fused-ring (bicyclic) bond motifs is 2. The van der Waals surface area contributed by atoms with Gasteiger partial charge in [0.1, 0.15) is 5.75 Å². The van der Waals surface area contributed by atoms with Gasteiger partial charge in [-0.15, -0.1) is 0 Å². The van der Waals surface area contributed by atoms with Crippen molar-refractivity contribution < 1.29 is 22.7 Å². The van der Waals surface area contributed by atoms with Gasteiger partial charge in [-0.05, 0) is 75.8 Å². The van der Waals surface area contributed by atoms with E-state index in [-0.39, 0.29) is 5.91 Å². The van der Waals surface area contributed by atoms with E-state index >= 15 is 0 Å². The van der Waals surface area contributed by atoms with Crippen LogP contribution in [0.5, 0.6) is 5.75 Å². The van der Waals surface area contributed by atoms with E-state index in [1.165, 1.54) is 39.6 Å². The Morgan fingerprint density at radius 3 is 2.43 bits per heavy atom. The second-order valence-corrected chi connectivity index (χ2v) is 10.5. The highest BCUT2D eigenvalue weighted by Crippen LogP contribution is 2.33.